The van der Waals surface area contributed by atoms with E-state index in [1.54, 1.807) is 0 Å². The van der Waals surface area contributed by atoms with Crippen LogP contribution in [0.3, 0.4) is 0 Å². The molecule has 0 saturated heterocycles. The number of para-hydroxylation sites is 2. The Kier molecular flexibility index (Phi) is 4.91. The molecule has 2 nitrogen and oxygen atoms in total. The van der Waals surface area contributed by atoms with Crippen molar-refractivity contribution in [2.45, 2.75) is 39.5 Å². The lowest BCUT2D eigenvalue weighted by Gasteiger charge is -2.26. The molecule has 0 aromatic heterocycles. The Morgan fingerprint density at radius 3 is 2.61 bits per heavy atom. The summed E-state index contributed by atoms with van der Waals surface area (Å²) in [4.78, 5) is 0. The number of anilines is 1. The molecular weight excluding hydrogens is 222 g/mol. The molecule has 0 radical (unpaired) electrons. The molecule has 0 aliphatic heterocycles. The zero-order valence-electron chi connectivity index (χ0n) is 11.6. The molecule has 18 heavy (non-hydrogen) atoms. The minimum atomic E-state index is 0.722. The summed E-state index contributed by atoms with van der Waals surface area (Å²) >= 11 is 0. The van der Waals surface area contributed by atoms with Gasteiger partial charge in [-0.3, -0.25) is 0 Å². The van der Waals surface area contributed by atoms with Gasteiger partial charge >= 0.3 is 0 Å². The maximum atomic E-state index is 5.63. The van der Waals surface area contributed by atoms with E-state index in [4.69, 9.17) is 4.74 Å². The van der Waals surface area contributed by atoms with E-state index < -0.39 is 0 Å². The van der Waals surface area contributed by atoms with Gasteiger partial charge in [-0.1, -0.05) is 31.9 Å². The van der Waals surface area contributed by atoms with Crippen molar-refractivity contribution in [3.63, 3.8) is 0 Å². The predicted molar refractivity (Wildman–Crippen MR) is 77.2 cm³/mol. The SMILES string of the molecule is CCOc1ccccc1NCC1CCC(C)CC1. The van der Waals surface area contributed by atoms with Gasteiger partial charge in [0.15, 0.2) is 0 Å². The first-order valence-electron chi connectivity index (χ1n) is 7.25. The van der Waals surface area contributed by atoms with Gasteiger partial charge in [0.05, 0.1) is 12.3 Å². The number of hydrogen-bond acceptors (Lipinski definition) is 2. The molecule has 1 aromatic carbocycles. The topological polar surface area (TPSA) is 21.3 Å². The van der Waals surface area contributed by atoms with E-state index in [1.807, 2.05) is 19.1 Å². The third-order valence-electron chi connectivity index (χ3n) is 3.90. The maximum absolute atomic E-state index is 5.63. The van der Waals surface area contributed by atoms with Crippen LogP contribution in [0.4, 0.5) is 5.69 Å². The summed E-state index contributed by atoms with van der Waals surface area (Å²) in [6, 6.07) is 8.23. The zero-order chi connectivity index (χ0) is 12.8. The van der Waals surface area contributed by atoms with Crippen LogP contribution < -0.4 is 10.1 Å². The maximum Gasteiger partial charge on any atom is 0.142 e. The van der Waals surface area contributed by atoms with E-state index in [9.17, 15) is 0 Å². The van der Waals surface area contributed by atoms with Crippen LogP contribution in [0.1, 0.15) is 39.5 Å². The van der Waals surface area contributed by atoms with Gasteiger partial charge in [-0.25, -0.2) is 0 Å². The second-order valence-electron chi connectivity index (χ2n) is 5.44. The van der Waals surface area contributed by atoms with Crippen molar-refractivity contribution in [2.24, 2.45) is 11.8 Å². The number of ether oxygens (including phenoxy) is 1. The Labute approximate surface area is 111 Å². The average molecular weight is 247 g/mol. The van der Waals surface area contributed by atoms with Crippen LogP contribution in [0.5, 0.6) is 5.75 Å². The van der Waals surface area contributed by atoms with Crippen LogP contribution in [0.15, 0.2) is 24.3 Å². The van der Waals surface area contributed by atoms with Crippen molar-refractivity contribution in [3.8, 4) is 5.75 Å². The molecule has 0 spiro atoms. The number of benzene rings is 1. The second kappa shape index (κ2) is 6.67. The lowest BCUT2D eigenvalue weighted by Crippen LogP contribution is -2.20. The van der Waals surface area contributed by atoms with Crippen LogP contribution in [0.2, 0.25) is 0 Å². The highest BCUT2D eigenvalue weighted by molar-refractivity contribution is 5.56. The Balaban J connectivity index is 1.86. The summed E-state index contributed by atoms with van der Waals surface area (Å²) in [5.41, 5.74) is 1.14. The van der Waals surface area contributed by atoms with Gasteiger partial charge in [-0.05, 0) is 43.7 Å². The van der Waals surface area contributed by atoms with E-state index in [0.717, 1.165) is 36.4 Å². The molecule has 0 amide bonds. The predicted octanol–water partition coefficient (Wildman–Crippen LogP) is 4.32. The Morgan fingerprint density at radius 1 is 1.17 bits per heavy atom. The summed E-state index contributed by atoms with van der Waals surface area (Å²) in [7, 11) is 0. The van der Waals surface area contributed by atoms with Crippen LogP contribution in [0, 0.1) is 11.8 Å². The Morgan fingerprint density at radius 2 is 1.89 bits per heavy atom. The first-order chi connectivity index (χ1) is 8.79. The van der Waals surface area contributed by atoms with Gasteiger partial charge in [0.1, 0.15) is 5.75 Å². The van der Waals surface area contributed by atoms with Crippen LogP contribution >= 0.6 is 0 Å². The van der Waals surface area contributed by atoms with Crippen LogP contribution in [-0.4, -0.2) is 13.2 Å². The molecule has 1 aliphatic rings. The molecule has 2 heteroatoms. The standard InChI is InChI=1S/C16H25NO/c1-3-18-16-7-5-4-6-15(16)17-12-14-10-8-13(2)9-11-14/h4-7,13-14,17H,3,8-12H2,1-2H3. The first-order valence-corrected chi connectivity index (χ1v) is 7.25. The van der Waals surface area contributed by atoms with Crippen molar-refractivity contribution in [3.05, 3.63) is 24.3 Å². The molecule has 1 fully saturated rings. The average Bonchev–Trinajstić information content (AvgIpc) is 2.40. The molecule has 2 rings (SSSR count). The van der Waals surface area contributed by atoms with Crippen molar-refractivity contribution >= 4 is 5.69 Å². The second-order valence-corrected chi connectivity index (χ2v) is 5.44. The van der Waals surface area contributed by atoms with E-state index in [2.05, 4.69) is 24.4 Å². The minimum absolute atomic E-state index is 0.722. The summed E-state index contributed by atoms with van der Waals surface area (Å²) in [5.74, 6) is 2.73. The van der Waals surface area contributed by atoms with E-state index >= 15 is 0 Å². The molecular formula is C16H25NO. The fourth-order valence-electron chi connectivity index (χ4n) is 2.68. The highest BCUT2D eigenvalue weighted by Crippen LogP contribution is 2.30. The fraction of sp³-hybridized carbons (Fsp3) is 0.625. The van der Waals surface area contributed by atoms with Crippen molar-refractivity contribution in [1.29, 1.82) is 0 Å². The van der Waals surface area contributed by atoms with E-state index in [0.29, 0.717) is 0 Å². The third kappa shape index (κ3) is 3.66. The monoisotopic (exact) mass is 247 g/mol. The molecule has 0 heterocycles. The van der Waals surface area contributed by atoms with Crippen molar-refractivity contribution < 1.29 is 4.74 Å². The number of nitrogens with one attached hydrogen (secondary N) is 1. The third-order valence-corrected chi connectivity index (χ3v) is 3.90. The molecule has 0 bridgehead atoms. The fourth-order valence-corrected chi connectivity index (χ4v) is 2.68. The smallest absolute Gasteiger partial charge is 0.142 e. The van der Waals surface area contributed by atoms with Crippen molar-refractivity contribution in [2.75, 3.05) is 18.5 Å². The molecule has 1 N–H and O–H groups in total. The first kappa shape index (κ1) is 13.3. The highest BCUT2D eigenvalue weighted by Gasteiger charge is 2.18. The summed E-state index contributed by atoms with van der Waals surface area (Å²) in [6.45, 7) is 6.20. The largest absolute Gasteiger partial charge is 0.492 e. The molecule has 1 saturated carbocycles. The van der Waals surface area contributed by atoms with Gasteiger partial charge in [-0.2, -0.15) is 0 Å². The van der Waals surface area contributed by atoms with Crippen molar-refractivity contribution in [1.82, 2.24) is 0 Å². The van der Waals surface area contributed by atoms with E-state index in [1.165, 1.54) is 25.7 Å². The van der Waals surface area contributed by atoms with Crippen LogP contribution in [-0.2, 0) is 0 Å². The summed E-state index contributed by atoms with van der Waals surface area (Å²) in [6.07, 6.45) is 5.51. The zero-order valence-corrected chi connectivity index (χ0v) is 11.6. The van der Waals surface area contributed by atoms with Gasteiger partial charge in [-0.15, -0.1) is 0 Å². The molecule has 100 valence electrons. The molecule has 0 atom stereocenters. The van der Waals surface area contributed by atoms with Gasteiger partial charge < -0.3 is 10.1 Å². The van der Waals surface area contributed by atoms with E-state index in [-0.39, 0.29) is 0 Å². The summed E-state index contributed by atoms with van der Waals surface area (Å²) in [5, 5.41) is 3.56. The molecule has 0 unspecified atom stereocenters. The quantitative estimate of drug-likeness (QED) is 0.836. The lowest BCUT2D eigenvalue weighted by atomic mass is 9.83. The minimum Gasteiger partial charge on any atom is -0.492 e. The Hall–Kier alpha value is -1.18. The van der Waals surface area contributed by atoms with Gasteiger partial charge in [0.25, 0.3) is 0 Å². The normalized spacial score (nSPS) is 23.7. The number of hydrogen-bond donors (Lipinski definition) is 1. The number of rotatable bonds is 5. The lowest BCUT2D eigenvalue weighted by molar-refractivity contribution is 0.300. The van der Waals surface area contributed by atoms with Crippen LogP contribution in [0.25, 0.3) is 0 Å². The highest BCUT2D eigenvalue weighted by atomic mass is 16.5. The summed E-state index contributed by atoms with van der Waals surface area (Å²) < 4.78 is 5.63. The Bertz CT molecular complexity index is 356. The molecule has 1 aromatic rings. The molecule has 1 aliphatic carbocycles. The van der Waals surface area contributed by atoms with Gasteiger partial charge in [0.2, 0.25) is 0 Å². The van der Waals surface area contributed by atoms with Gasteiger partial charge in [0, 0.05) is 6.54 Å².